The van der Waals surface area contributed by atoms with E-state index in [1.807, 2.05) is 0 Å². The van der Waals surface area contributed by atoms with Gasteiger partial charge < -0.3 is 20.2 Å². The molecule has 0 bridgehead atoms. The minimum atomic E-state index is -0.269. The Hall–Kier alpha value is -0.160. The Kier molecular flexibility index (Phi) is 8.84. The summed E-state index contributed by atoms with van der Waals surface area (Å²) < 4.78 is 0. The van der Waals surface area contributed by atoms with Crippen molar-refractivity contribution in [3.8, 4) is 0 Å². The van der Waals surface area contributed by atoms with Crippen LogP contribution in [0.4, 0.5) is 0 Å². The number of likely N-dealkylation sites (N-methyl/N-ethyl adjacent to an activating group) is 2. The molecule has 98 valence electrons. The van der Waals surface area contributed by atoms with Gasteiger partial charge in [-0.2, -0.15) is 0 Å². The lowest BCUT2D eigenvalue weighted by atomic mass is 10.2. The second kappa shape index (κ2) is 8.93. The molecule has 4 nitrogen and oxygen atoms in total. The van der Waals surface area contributed by atoms with E-state index < -0.39 is 0 Å². The highest BCUT2D eigenvalue weighted by Crippen LogP contribution is 1.92. The fraction of sp³-hybridized carbons (Fsp3) is 1.00. The lowest BCUT2D eigenvalue weighted by molar-refractivity contribution is 0.115. The van der Waals surface area contributed by atoms with Crippen molar-refractivity contribution < 1.29 is 5.11 Å². The summed E-state index contributed by atoms with van der Waals surface area (Å²) in [6.07, 6.45) is -0.269. The van der Waals surface area contributed by atoms with Crippen LogP contribution < -0.4 is 5.32 Å². The molecule has 0 amide bonds. The van der Waals surface area contributed by atoms with Crippen LogP contribution in [0.2, 0.25) is 0 Å². The van der Waals surface area contributed by atoms with E-state index in [-0.39, 0.29) is 6.10 Å². The molecule has 0 rings (SSSR count). The largest absolute Gasteiger partial charge is 0.390 e. The Morgan fingerprint density at radius 3 is 2.12 bits per heavy atom. The molecule has 0 aliphatic carbocycles. The molecule has 0 radical (unpaired) electrons. The maximum Gasteiger partial charge on any atom is 0.0791 e. The predicted molar refractivity (Wildman–Crippen MR) is 69.8 cm³/mol. The van der Waals surface area contributed by atoms with Gasteiger partial charge in [0.05, 0.1) is 6.10 Å². The van der Waals surface area contributed by atoms with Gasteiger partial charge in [-0.1, -0.05) is 13.8 Å². The zero-order valence-electron chi connectivity index (χ0n) is 11.5. The summed E-state index contributed by atoms with van der Waals surface area (Å²) in [7, 11) is 4.14. The normalized spacial score (nSPS) is 15.8. The third kappa shape index (κ3) is 7.17. The van der Waals surface area contributed by atoms with Gasteiger partial charge in [-0.15, -0.1) is 0 Å². The molecule has 0 aliphatic rings. The molecule has 0 aliphatic heterocycles. The molecule has 2 unspecified atom stereocenters. The van der Waals surface area contributed by atoms with Crippen LogP contribution in [0.1, 0.15) is 20.8 Å². The van der Waals surface area contributed by atoms with Crippen molar-refractivity contribution in [2.75, 3.05) is 46.8 Å². The van der Waals surface area contributed by atoms with E-state index in [1.54, 1.807) is 0 Å². The van der Waals surface area contributed by atoms with Gasteiger partial charge in [0, 0.05) is 25.7 Å². The van der Waals surface area contributed by atoms with Gasteiger partial charge in [-0.3, -0.25) is 0 Å². The molecule has 0 spiro atoms. The van der Waals surface area contributed by atoms with Gasteiger partial charge in [-0.25, -0.2) is 0 Å². The molecule has 0 saturated carbocycles. The molecule has 16 heavy (non-hydrogen) atoms. The summed E-state index contributed by atoms with van der Waals surface area (Å²) in [5.41, 5.74) is 0. The molecule has 0 heterocycles. The Balaban J connectivity index is 3.61. The van der Waals surface area contributed by atoms with Gasteiger partial charge in [-0.05, 0) is 34.1 Å². The van der Waals surface area contributed by atoms with Crippen molar-refractivity contribution in [3.05, 3.63) is 0 Å². The van der Waals surface area contributed by atoms with Crippen molar-refractivity contribution in [1.29, 1.82) is 0 Å². The molecule has 0 aromatic rings. The molecule has 2 atom stereocenters. The molecule has 4 heteroatoms. The Bertz CT molecular complexity index is 160. The molecule has 0 saturated heterocycles. The van der Waals surface area contributed by atoms with Crippen LogP contribution in [0.3, 0.4) is 0 Å². The van der Waals surface area contributed by atoms with E-state index in [1.165, 1.54) is 0 Å². The van der Waals surface area contributed by atoms with Crippen molar-refractivity contribution in [1.82, 2.24) is 15.1 Å². The van der Waals surface area contributed by atoms with Crippen LogP contribution in [-0.2, 0) is 0 Å². The fourth-order valence-corrected chi connectivity index (χ4v) is 1.49. The van der Waals surface area contributed by atoms with Crippen LogP contribution in [-0.4, -0.2) is 73.9 Å². The van der Waals surface area contributed by atoms with E-state index >= 15 is 0 Å². The van der Waals surface area contributed by atoms with Crippen LogP contribution in [0.15, 0.2) is 0 Å². The summed E-state index contributed by atoms with van der Waals surface area (Å²) >= 11 is 0. The van der Waals surface area contributed by atoms with Crippen molar-refractivity contribution in [3.63, 3.8) is 0 Å². The minimum Gasteiger partial charge on any atom is -0.390 e. The smallest absolute Gasteiger partial charge is 0.0791 e. The first kappa shape index (κ1) is 15.8. The molecule has 0 aromatic heterocycles. The molecule has 2 N–H and O–H groups in total. The van der Waals surface area contributed by atoms with Crippen LogP contribution in [0.5, 0.6) is 0 Å². The number of aliphatic hydroxyl groups is 1. The predicted octanol–water partition coefficient (Wildman–Crippen LogP) is 0.229. The quantitative estimate of drug-likeness (QED) is 0.596. The highest BCUT2D eigenvalue weighted by molar-refractivity contribution is 4.68. The van der Waals surface area contributed by atoms with Gasteiger partial charge in [0.2, 0.25) is 0 Å². The summed E-state index contributed by atoms with van der Waals surface area (Å²) in [5, 5.41) is 13.1. The maximum absolute atomic E-state index is 9.82. The fourth-order valence-electron chi connectivity index (χ4n) is 1.49. The summed E-state index contributed by atoms with van der Waals surface area (Å²) in [6, 6.07) is 0.501. The molecule has 0 fully saturated rings. The number of hydrogen-bond donors (Lipinski definition) is 2. The average molecular weight is 231 g/mol. The number of aliphatic hydroxyl groups excluding tert-OH is 1. The van der Waals surface area contributed by atoms with Gasteiger partial charge in [0.15, 0.2) is 0 Å². The van der Waals surface area contributed by atoms with Crippen LogP contribution in [0, 0.1) is 0 Å². The molecular weight excluding hydrogens is 202 g/mol. The zero-order valence-corrected chi connectivity index (χ0v) is 11.5. The van der Waals surface area contributed by atoms with Crippen molar-refractivity contribution in [2.24, 2.45) is 0 Å². The second-order valence-corrected chi connectivity index (χ2v) is 4.61. The van der Waals surface area contributed by atoms with Gasteiger partial charge in [0.1, 0.15) is 0 Å². The zero-order chi connectivity index (χ0) is 12.6. The third-order valence-electron chi connectivity index (χ3n) is 3.06. The highest BCUT2D eigenvalue weighted by Gasteiger charge is 2.09. The Morgan fingerprint density at radius 2 is 1.69 bits per heavy atom. The number of hydrogen-bond acceptors (Lipinski definition) is 4. The highest BCUT2D eigenvalue weighted by atomic mass is 16.3. The average Bonchev–Trinajstić information content (AvgIpc) is 2.25. The third-order valence-corrected chi connectivity index (χ3v) is 3.06. The SMILES string of the molecule is CCN(CC)CC(O)CNCC(C)N(C)C. The van der Waals surface area contributed by atoms with Gasteiger partial charge in [0.25, 0.3) is 0 Å². The summed E-state index contributed by atoms with van der Waals surface area (Å²) in [6.45, 7) is 10.8. The molecule has 0 aromatic carbocycles. The topological polar surface area (TPSA) is 38.7 Å². The summed E-state index contributed by atoms with van der Waals surface area (Å²) in [5.74, 6) is 0. The lowest BCUT2D eigenvalue weighted by Crippen LogP contribution is -2.42. The first-order valence-corrected chi connectivity index (χ1v) is 6.28. The number of rotatable bonds is 9. The first-order chi connectivity index (χ1) is 7.51. The lowest BCUT2D eigenvalue weighted by Gasteiger charge is -2.24. The van der Waals surface area contributed by atoms with E-state index in [9.17, 15) is 5.11 Å². The van der Waals surface area contributed by atoms with Crippen LogP contribution >= 0.6 is 0 Å². The van der Waals surface area contributed by atoms with Crippen LogP contribution in [0.25, 0.3) is 0 Å². The van der Waals surface area contributed by atoms with E-state index in [0.29, 0.717) is 12.6 Å². The van der Waals surface area contributed by atoms with Crippen molar-refractivity contribution in [2.45, 2.75) is 32.9 Å². The standard InChI is InChI=1S/C12H29N3O/c1-6-15(7-2)10-12(16)9-13-8-11(3)14(4)5/h11-13,16H,6-10H2,1-5H3. The minimum absolute atomic E-state index is 0.269. The first-order valence-electron chi connectivity index (χ1n) is 6.28. The summed E-state index contributed by atoms with van der Waals surface area (Å²) in [4.78, 5) is 4.41. The van der Waals surface area contributed by atoms with Crippen molar-refractivity contribution >= 4 is 0 Å². The Morgan fingerprint density at radius 1 is 1.12 bits per heavy atom. The van der Waals surface area contributed by atoms with E-state index in [4.69, 9.17) is 0 Å². The van der Waals surface area contributed by atoms with E-state index in [2.05, 4.69) is 50.0 Å². The van der Waals surface area contributed by atoms with E-state index in [0.717, 1.165) is 26.2 Å². The maximum atomic E-state index is 9.82. The monoisotopic (exact) mass is 231 g/mol. The molecular formula is C12H29N3O. The second-order valence-electron chi connectivity index (χ2n) is 4.61. The number of nitrogens with one attached hydrogen (secondary N) is 1. The van der Waals surface area contributed by atoms with Gasteiger partial charge >= 0.3 is 0 Å². The number of nitrogens with zero attached hydrogens (tertiary/aromatic N) is 2. The Labute approximate surface area is 101 Å².